The van der Waals surface area contributed by atoms with Gasteiger partial charge in [0.25, 0.3) is 12.1 Å². The monoisotopic (exact) mass is 1070 g/mol. The summed E-state index contributed by atoms with van der Waals surface area (Å²) in [6.45, 7) is 12.0. The molecule has 0 saturated carbocycles. The number of halogens is 1. The molecule has 3 N–H and O–H groups in total. The summed E-state index contributed by atoms with van der Waals surface area (Å²) in [5.41, 5.74) is -3.37. The topological polar surface area (TPSA) is 263 Å². The molecule has 23 heteroatoms. The first-order valence-electron chi connectivity index (χ1n) is 25.3. The van der Waals surface area contributed by atoms with Crippen molar-refractivity contribution in [3.63, 3.8) is 0 Å². The van der Waals surface area contributed by atoms with Gasteiger partial charge in [0, 0.05) is 80.9 Å². The second-order valence-corrected chi connectivity index (χ2v) is 22.8. The van der Waals surface area contributed by atoms with Crippen molar-refractivity contribution in [1.29, 1.82) is 0 Å². The molecule has 1 unspecified atom stereocenters. The van der Waals surface area contributed by atoms with Crippen LogP contribution in [0.5, 0.6) is 0 Å². The Kier molecular flexibility index (Phi) is 17.6. The van der Waals surface area contributed by atoms with Crippen molar-refractivity contribution in [2.45, 2.75) is 164 Å². The lowest BCUT2D eigenvalue weighted by molar-refractivity contribution is -0.296. The van der Waals surface area contributed by atoms with Crippen LogP contribution >= 0.6 is 0 Å². The van der Waals surface area contributed by atoms with E-state index >= 15 is 9.18 Å². The maximum Gasteiger partial charge on any atom is 0.351 e. The highest BCUT2D eigenvalue weighted by atomic mass is 32.2. The number of esters is 1. The number of aliphatic hydroxyl groups is 1. The molecule has 3 fully saturated rings. The molecule has 0 spiro atoms. The lowest BCUT2D eigenvalue weighted by Crippen LogP contribution is -2.75. The number of likely N-dealkylation sites (N-methyl/N-ethyl adjacent to an activating group) is 2. The van der Waals surface area contributed by atoms with Crippen LogP contribution in [0, 0.1) is 17.8 Å². The van der Waals surface area contributed by atoms with Crippen molar-refractivity contribution in [1.82, 2.24) is 39.3 Å². The lowest BCUT2D eigenvalue weighted by Gasteiger charge is -2.60. The molecule has 3 aliphatic rings. The Balaban J connectivity index is 1.11. The molecule has 0 amide bonds. The fourth-order valence-corrected chi connectivity index (χ4v) is 11.8. The van der Waals surface area contributed by atoms with Crippen molar-refractivity contribution in [2.24, 2.45) is 22.9 Å². The van der Waals surface area contributed by atoms with Gasteiger partial charge in [0.1, 0.15) is 18.0 Å². The number of carbonyl (C=O) groups excluding carboxylic acids is 4. The minimum Gasteiger partial charge on any atom is -0.456 e. The van der Waals surface area contributed by atoms with Crippen molar-refractivity contribution in [3.05, 3.63) is 78.8 Å². The number of Topliss-reactive ketones (excluding diaryl/α,β-unsaturated/α-hetero) is 2. The minimum absolute atomic E-state index is 0.000765. The van der Waals surface area contributed by atoms with E-state index in [1.807, 2.05) is 46.7 Å². The van der Waals surface area contributed by atoms with E-state index in [0.717, 1.165) is 23.7 Å². The summed E-state index contributed by atoms with van der Waals surface area (Å²) in [6, 6.07) is 8.17. The summed E-state index contributed by atoms with van der Waals surface area (Å²) >= 11 is 0. The van der Waals surface area contributed by atoms with Crippen molar-refractivity contribution in [3.8, 4) is 11.3 Å². The third-order valence-corrected chi connectivity index (χ3v) is 16.8. The van der Waals surface area contributed by atoms with Crippen molar-refractivity contribution in [2.75, 3.05) is 27.7 Å². The quantitative estimate of drug-likeness (QED) is 0.0870. The van der Waals surface area contributed by atoms with E-state index in [-0.39, 0.29) is 29.6 Å². The number of fused-ring (bicyclic) bond motifs is 1. The van der Waals surface area contributed by atoms with Crippen molar-refractivity contribution < 1.29 is 60.8 Å². The summed E-state index contributed by atoms with van der Waals surface area (Å²) in [5.74, 6) is -5.93. The lowest BCUT2D eigenvalue weighted by atomic mass is 9.64. The largest absolute Gasteiger partial charge is 0.456 e. The molecule has 3 saturated heterocycles. The van der Waals surface area contributed by atoms with E-state index in [1.54, 1.807) is 69.6 Å². The number of primary sulfonamides is 1. The zero-order valence-corrected chi connectivity index (χ0v) is 45.1. The Hall–Kier alpha value is -5.40. The van der Waals surface area contributed by atoms with Crippen LogP contribution in [0.3, 0.4) is 0 Å². The number of aryl methyl sites for hydroxylation is 1. The molecule has 4 aromatic rings. The highest BCUT2D eigenvalue weighted by Gasteiger charge is 2.63. The maximum atomic E-state index is 17.1. The number of nitrogens with two attached hydrogens (primary N) is 1. The second-order valence-electron chi connectivity index (χ2n) is 21.2. The Bertz CT molecular complexity index is 2750. The molecular weight excluding hydrogens is 994 g/mol. The van der Waals surface area contributed by atoms with Gasteiger partial charge in [-0.05, 0) is 104 Å². The number of cyclic esters (lactones) is 1. The van der Waals surface area contributed by atoms with Crippen LogP contribution in [0.1, 0.15) is 85.4 Å². The minimum atomic E-state index is -3.83. The summed E-state index contributed by atoms with van der Waals surface area (Å²) < 4.78 is 74.8. The first-order chi connectivity index (χ1) is 35.3. The van der Waals surface area contributed by atoms with E-state index in [9.17, 15) is 27.9 Å². The number of imidazole rings is 1. The van der Waals surface area contributed by atoms with Crippen LogP contribution in [-0.2, 0) is 72.4 Å². The average Bonchev–Trinajstić information content (AvgIpc) is 4.05. The number of alkyl halides is 1. The molecule has 410 valence electrons. The standard InChI is InChI=1S/C52H72FN9O12S/c1-31-24-50(5,70-10)47(74-48-44(65)41(23-32(2)72-48)59(8)22-19-37-27-62(58-57-37)26-35-15-17-38(18-16-35)75(54,68)69)33(3)46(66)51(6,53)49(67)73-34(4)52(7,71-30-63)45-42(43(31)64)40(60(45)9)14-12-21-61-28-39(56-29-61)36-13-11-20-55-25-36/h11,13,15-18,20,25,27-34,40-42,44-45,47-48,65H,12,14,19,21-24,26H2,1-10H3,(H2,54,68,69)/t31-,32-,33+,34-,40?,41+,42+,44-,45-,47-,48+,50-,51+,52-/m1/s1. The number of carbonyl (C=O) groups is 4. The van der Waals surface area contributed by atoms with E-state index in [4.69, 9.17) is 28.8 Å². The number of hydrogen-bond acceptors (Lipinski definition) is 18. The molecule has 1 aromatic carbocycles. The zero-order valence-electron chi connectivity index (χ0n) is 44.3. The number of ether oxygens (including phenoxy) is 5. The highest BCUT2D eigenvalue weighted by Crippen LogP contribution is 2.47. The SMILES string of the molecule is CO[C@]1(C)C[C@@H](C)C(=O)[C@@H]2C(CCCn3cnc(-c4cccnc4)c3)N(C)[C@H]2[C@](C)(OC=O)[C@@H](C)OC(=O)[C@@](C)(F)C(=O)[C@H](C)[C@H]1O[C@@H]1O[C@H](C)C[C@H](N(C)CCc2cn(Cc3ccc(S(N)(=O)=O)cc3)nn2)[C@H]1O. The third-order valence-electron chi connectivity index (χ3n) is 15.9. The number of sulfonamides is 1. The van der Waals surface area contributed by atoms with E-state index in [2.05, 4.69) is 20.3 Å². The Morgan fingerprint density at radius 1 is 1.07 bits per heavy atom. The normalized spacial score (nSPS) is 33.3. The summed E-state index contributed by atoms with van der Waals surface area (Å²) in [5, 5.41) is 25.9. The van der Waals surface area contributed by atoms with Gasteiger partial charge in [0.2, 0.25) is 10.0 Å². The number of benzene rings is 1. The Morgan fingerprint density at radius 3 is 2.44 bits per heavy atom. The first kappa shape index (κ1) is 57.3. The number of pyridine rings is 1. The van der Waals surface area contributed by atoms with Crippen LogP contribution in [0.15, 0.2) is 72.4 Å². The molecule has 21 nitrogen and oxygen atoms in total. The average molecular weight is 1070 g/mol. The molecule has 0 bridgehead atoms. The first-order valence-corrected chi connectivity index (χ1v) is 26.9. The number of aromatic nitrogens is 6. The molecule has 14 atom stereocenters. The predicted molar refractivity (Wildman–Crippen MR) is 269 cm³/mol. The predicted octanol–water partition coefficient (Wildman–Crippen LogP) is 3.55. The number of nitrogens with zero attached hydrogens (tertiary/aromatic N) is 8. The molecule has 6 heterocycles. The second kappa shape index (κ2) is 23.1. The van der Waals surface area contributed by atoms with Gasteiger partial charge in [-0.2, -0.15) is 0 Å². The summed E-state index contributed by atoms with van der Waals surface area (Å²) in [4.78, 5) is 68.6. The maximum absolute atomic E-state index is 17.1. The zero-order chi connectivity index (χ0) is 54.8. The molecule has 7 rings (SSSR count). The van der Waals surface area contributed by atoms with Gasteiger partial charge in [0.05, 0.1) is 58.9 Å². The summed E-state index contributed by atoms with van der Waals surface area (Å²) in [7, 11) is 1.20. The number of rotatable bonds is 17. The molecule has 3 aliphatic heterocycles. The Labute approximate surface area is 437 Å². The molecule has 0 aliphatic carbocycles. The number of aliphatic hydroxyl groups excluding tert-OH is 1. The molecule has 75 heavy (non-hydrogen) atoms. The van der Waals surface area contributed by atoms with Crippen LogP contribution in [0.2, 0.25) is 0 Å². The smallest absolute Gasteiger partial charge is 0.351 e. The number of likely N-dealkylation sites (tertiary alicyclic amines) is 1. The molecule has 0 radical (unpaired) electrons. The van der Waals surface area contributed by atoms with Gasteiger partial charge in [0.15, 0.2) is 17.7 Å². The fourth-order valence-electron chi connectivity index (χ4n) is 11.3. The summed E-state index contributed by atoms with van der Waals surface area (Å²) in [6.07, 6.45) is 4.92. The number of ketones is 2. The van der Waals surface area contributed by atoms with Crippen LogP contribution in [0.4, 0.5) is 4.39 Å². The van der Waals surface area contributed by atoms with E-state index < -0.39 is 99.2 Å². The van der Waals surface area contributed by atoms with E-state index in [0.29, 0.717) is 51.0 Å². The number of methoxy groups -OCH3 is 1. The third kappa shape index (κ3) is 12.3. The van der Waals surface area contributed by atoms with Gasteiger partial charge < -0.3 is 38.3 Å². The highest BCUT2D eigenvalue weighted by molar-refractivity contribution is 7.89. The van der Waals surface area contributed by atoms with Gasteiger partial charge in [-0.25, -0.2) is 32.4 Å². The molecule has 3 aromatic heterocycles. The number of hydrogen-bond donors (Lipinski definition) is 2. The molecular formula is C52H72FN9O12S. The van der Waals surface area contributed by atoms with Gasteiger partial charge >= 0.3 is 5.97 Å². The van der Waals surface area contributed by atoms with Gasteiger partial charge in [-0.15, -0.1) is 5.10 Å². The van der Waals surface area contributed by atoms with Crippen LogP contribution in [0.25, 0.3) is 11.3 Å². The van der Waals surface area contributed by atoms with Gasteiger partial charge in [-0.3, -0.25) is 24.3 Å². The van der Waals surface area contributed by atoms with Crippen LogP contribution in [-0.4, -0.2) is 170 Å². The van der Waals surface area contributed by atoms with Crippen LogP contribution < -0.4 is 5.14 Å². The Morgan fingerprint density at radius 2 is 1.79 bits per heavy atom. The van der Waals surface area contributed by atoms with Crippen molar-refractivity contribution >= 4 is 34.0 Å². The van der Waals surface area contributed by atoms with E-state index in [1.165, 1.54) is 33.1 Å². The fraction of sp³-hybridized carbons (Fsp3) is 0.615. The van der Waals surface area contributed by atoms with Gasteiger partial charge in [-0.1, -0.05) is 31.2 Å².